The molecule has 1 heterocycles. The summed E-state index contributed by atoms with van der Waals surface area (Å²) in [6.07, 6.45) is 1.96. The van der Waals surface area contributed by atoms with Crippen LogP contribution in [0.25, 0.3) is 0 Å². The topological polar surface area (TPSA) is 34.1 Å². The van der Waals surface area contributed by atoms with Crippen molar-refractivity contribution < 1.29 is 4.74 Å². The van der Waals surface area contributed by atoms with E-state index < -0.39 is 0 Å². The Kier molecular flexibility index (Phi) is 4.33. The normalized spacial score (nSPS) is 11.4. The highest BCUT2D eigenvalue weighted by atomic mass is 32.1. The van der Waals surface area contributed by atoms with Crippen LogP contribution in [0, 0.1) is 6.92 Å². The molecule has 0 atom stereocenters. The second-order valence-corrected chi connectivity index (χ2v) is 7.05. The Morgan fingerprint density at radius 1 is 1.30 bits per heavy atom. The third-order valence-corrected chi connectivity index (χ3v) is 4.43. The van der Waals surface area contributed by atoms with E-state index in [0.717, 1.165) is 18.0 Å². The number of ether oxygens (including phenoxy) is 1. The molecule has 1 N–H and O–H groups in total. The molecule has 4 heteroatoms. The van der Waals surface area contributed by atoms with Gasteiger partial charge in [0.25, 0.3) is 0 Å². The van der Waals surface area contributed by atoms with Gasteiger partial charge in [-0.25, -0.2) is 4.98 Å². The van der Waals surface area contributed by atoms with Gasteiger partial charge in [-0.05, 0) is 24.6 Å². The third-order valence-electron chi connectivity index (χ3n) is 3.00. The lowest BCUT2D eigenvalue weighted by Gasteiger charge is -2.13. The molecule has 1 aromatic carbocycles. The molecule has 0 unspecified atom stereocenters. The van der Waals surface area contributed by atoms with Gasteiger partial charge in [-0.3, -0.25) is 0 Å². The van der Waals surface area contributed by atoms with Crippen molar-refractivity contribution in [3.05, 3.63) is 39.8 Å². The standard InChI is InChI=1S/C16H22N2OS/c1-11-6-7-14(19-5)13(8-11)17-9-12-10-18-15(20-12)16(2,3)4/h6-8,10,17H,9H2,1-5H3. The maximum absolute atomic E-state index is 5.37. The van der Waals surface area contributed by atoms with Crippen LogP contribution in [0.3, 0.4) is 0 Å². The summed E-state index contributed by atoms with van der Waals surface area (Å²) in [5, 5.41) is 4.60. The lowest BCUT2D eigenvalue weighted by atomic mass is 9.98. The Labute approximate surface area is 125 Å². The van der Waals surface area contributed by atoms with Gasteiger partial charge in [0.15, 0.2) is 0 Å². The number of aromatic nitrogens is 1. The molecule has 0 saturated carbocycles. The number of methoxy groups -OCH3 is 1. The first-order chi connectivity index (χ1) is 9.40. The number of anilines is 1. The number of hydrogen-bond donors (Lipinski definition) is 1. The van der Waals surface area contributed by atoms with Crippen molar-refractivity contribution >= 4 is 17.0 Å². The molecular weight excluding hydrogens is 268 g/mol. The maximum Gasteiger partial charge on any atom is 0.141 e. The van der Waals surface area contributed by atoms with Crippen LogP contribution in [0.4, 0.5) is 5.69 Å². The number of benzene rings is 1. The number of nitrogens with one attached hydrogen (secondary N) is 1. The summed E-state index contributed by atoms with van der Waals surface area (Å²) >= 11 is 1.76. The highest BCUT2D eigenvalue weighted by Crippen LogP contribution is 2.29. The van der Waals surface area contributed by atoms with Gasteiger partial charge in [0, 0.05) is 16.5 Å². The summed E-state index contributed by atoms with van der Waals surface area (Å²) in [6, 6.07) is 6.14. The van der Waals surface area contributed by atoms with Crippen molar-refractivity contribution in [3.63, 3.8) is 0 Å². The molecule has 0 fully saturated rings. The first kappa shape index (κ1) is 14.9. The van der Waals surface area contributed by atoms with E-state index in [1.807, 2.05) is 12.3 Å². The predicted octanol–water partition coefficient (Wildman–Crippen LogP) is 4.37. The lowest BCUT2D eigenvalue weighted by molar-refractivity contribution is 0.416. The molecule has 1 aromatic heterocycles. The van der Waals surface area contributed by atoms with E-state index >= 15 is 0 Å². The molecule has 108 valence electrons. The number of aryl methyl sites for hydroxylation is 1. The van der Waals surface area contributed by atoms with Crippen LogP contribution in [0.15, 0.2) is 24.4 Å². The monoisotopic (exact) mass is 290 g/mol. The van der Waals surface area contributed by atoms with Crippen molar-refractivity contribution in [2.24, 2.45) is 0 Å². The van der Waals surface area contributed by atoms with Gasteiger partial charge in [0.1, 0.15) is 5.75 Å². The van der Waals surface area contributed by atoms with Gasteiger partial charge in [0.05, 0.1) is 24.3 Å². The minimum Gasteiger partial charge on any atom is -0.495 e. The summed E-state index contributed by atoms with van der Waals surface area (Å²) in [5.41, 5.74) is 2.36. The second-order valence-electron chi connectivity index (χ2n) is 5.94. The van der Waals surface area contributed by atoms with Gasteiger partial charge >= 0.3 is 0 Å². The Hall–Kier alpha value is -1.55. The van der Waals surface area contributed by atoms with Crippen LogP contribution in [-0.2, 0) is 12.0 Å². The fourth-order valence-electron chi connectivity index (χ4n) is 1.88. The molecule has 0 amide bonds. The Morgan fingerprint density at radius 2 is 2.05 bits per heavy atom. The summed E-state index contributed by atoms with van der Waals surface area (Å²) in [5.74, 6) is 0.871. The molecule has 0 aliphatic rings. The average Bonchev–Trinajstić information content (AvgIpc) is 2.85. The van der Waals surface area contributed by atoms with E-state index in [2.05, 4.69) is 50.1 Å². The first-order valence-corrected chi connectivity index (χ1v) is 7.55. The van der Waals surface area contributed by atoms with Crippen LogP contribution in [0.1, 0.15) is 36.2 Å². The predicted molar refractivity (Wildman–Crippen MR) is 85.9 cm³/mol. The van der Waals surface area contributed by atoms with E-state index in [1.165, 1.54) is 15.4 Å². The third kappa shape index (κ3) is 3.51. The van der Waals surface area contributed by atoms with Crippen LogP contribution < -0.4 is 10.1 Å². The van der Waals surface area contributed by atoms with Gasteiger partial charge in [0.2, 0.25) is 0 Å². The van der Waals surface area contributed by atoms with Crippen molar-refractivity contribution in [1.29, 1.82) is 0 Å². The molecule has 0 saturated heterocycles. The molecule has 0 radical (unpaired) electrons. The Balaban J connectivity index is 2.09. The minimum atomic E-state index is 0.115. The lowest BCUT2D eigenvalue weighted by Crippen LogP contribution is -2.09. The molecule has 0 bridgehead atoms. The number of nitrogens with zero attached hydrogens (tertiary/aromatic N) is 1. The SMILES string of the molecule is COc1ccc(C)cc1NCc1cnc(C(C)(C)C)s1. The highest BCUT2D eigenvalue weighted by Gasteiger charge is 2.17. The second kappa shape index (κ2) is 5.83. The van der Waals surface area contributed by atoms with Gasteiger partial charge in [-0.2, -0.15) is 0 Å². The van der Waals surface area contributed by atoms with Crippen LogP contribution in [-0.4, -0.2) is 12.1 Å². The van der Waals surface area contributed by atoms with E-state index in [4.69, 9.17) is 4.74 Å². The Morgan fingerprint density at radius 3 is 2.65 bits per heavy atom. The molecule has 0 aliphatic carbocycles. The molecule has 20 heavy (non-hydrogen) atoms. The summed E-state index contributed by atoms with van der Waals surface area (Å²) in [4.78, 5) is 5.74. The van der Waals surface area contributed by atoms with Crippen LogP contribution in [0.2, 0.25) is 0 Å². The van der Waals surface area contributed by atoms with Crippen molar-refractivity contribution in [2.75, 3.05) is 12.4 Å². The molecule has 0 spiro atoms. The Bertz CT molecular complexity index is 584. The summed E-state index contributed by atoms with van der Waals surface area (Å²) in [6.45, 7) is 9.41. The fourth-order valence-corrected chi connectivity index (χ4v) is 2.79. The molecule has 2 rings (SSSR count). The van der Waals surface area contributed by atoms with Crippen molar-refractivity contribution in [1.82, 2.24) is 4.98 Å². The number of rotatable bonds is 4. The van der Waals surface area contributed by atoms with Crippen molar-refractivity contribution in [2.45, 2.75) is 39.7 Å². The number of hydrogen-bond acceptors (Lipinski definition) is 4. The number of thiazole rings is 1. The quantitative estimate of drug-likeness (QED) is 0.908. The minimum absolute atomic E-state index is 0.115. The zero-order chi connectivity index (χ0) is 14.8. The maximum atomic E-state index is 5.37. The van der Waals surface area contributed by atoms with Gasteiger partial charge in [-0.15, -0.1) is 11.3 Å². The molecular formula is C16H22N2OS. The van der Waals surface area contributed by atoms with Crippen LogP contribution in [0.5, 0.6) is 5.75 Å². The average molecular weight is 290 g/mol. The van der Waals surface area contributed by atoms with Crippen LogP contribution >= 0.6 is 11.3 Å². The molecule has 2 aromatic rings. The zero-order valence-electron chi connectivity index (χ0n) is 12.8. The van der Waals surface area contributed by atoms with E-state index in [-0.39, 0.29) is 5.41 Å². The van der Waals surface area contributed by atoms with E-state index in [1.54, 1.807) is 18.4 Å². The largest absolute Gasteiger partial charge is 0.495 e. The zero-order valence-corrected chi connectivity index (χ0v) is 13.6. The highest BCUT2D eigenvalue weighted by molar-refractivity contribution is 7.11. The first-order valence-electron chi connectivity index (χ1n) is 6.74. The van der Waals surface area contributed by atoms with E-state index in [0.29, 0.717) is 0 Å². The summed E-state index contributed by atoms with van der Waals surface area (Å²) < 4.78 is 5.37. The van der Waals surface area contributed by atoms with Gasteiger partial charge < -0.3 is 10.1 Å². The molecule has 0 aliphatic heterocycles. The summed E-state index contributed by atoms with van der Waals surface area (Å²) in [7, 11) is 1.69. The smallest absolute Gasteiger partial charge is 0.141 e. The van der Waals surface area contributed by atoms with Gasteiger partial charge in [-0.1, -0.05) is 26.8 Å². The van der Waals surface area contributed by atoms with Crippen molar-refractivity contribution in [3.8, 4) is 5.75 Å². The fraction of sp³-hybridized carbons (Fsp3) is 0.438. The van der Waals surface area contributed by atoms with E-state index in [9.17, 15) is 0 Å². The molecule has 3 nitrogen and oxygen atoms in total.